The molecule has 2 unspecified atom stereocenters. The molecule has 20 heavy (non-hydrogen) atoms. The first-order chi connectivity index (χ1) is 9.86. The summed E-state index contributed by atoms with van der Waals surface area (Å²) in [5.41, 5.74) is 1.87. The fourth-order valence-corrected chi connectivity index (χ4v) is 2.24. The van der Waals surface area contributed by atoms with Crippen molar-refractivity contribution < 1.29 is 9.59 Å². The van der Waals surface area contributed by atoms with Gasteiger partial charge >= 0.3 is 0 Å². The van der Waals surface area contributed by atoms with Gasteiger partial charge in [-0.3, -0.25) is 9.59 Å². The number of carbonyl (C=O) groups is 2. The minimum atomic E-state index is -0.318. The molecular weight excluding hydrogens is 252 g/mol. The van der Waals surface area contributed by atoms with Gasteiger partial charge in [-0.1, -0.05) is 60.7 Å². The SMILES string of the molecule is O=CNC(c1ccccc1)C(NC=O)c1ccccc1. The van der Waals surface area contributed by atoms with Crippen molar-refractivity contribution in [3.8, 4) is 0 Å². The average molecular weight is 268 g/mol. The summed E-state index contributed by atoms with van der Waals surface area (Å²) in [6.07, 6.45) is 1.31. The lowest BCUT2D eigenvalue weighted by atomic mass is 9.93. The summed E-state index contributed by atoms with van der Waals surface area (Å²) < 4.78 is 0. The third-order valence-corrected chi connectivity index (χ3v) is 3.15. The molecule has 0 saturated heterocycles. The molecule has 0 radical (unpaired) electrons. The van der Waals surface area contributed by atoms with E-state index in [-0.39, 0.29) is 12.1 Å². The van der Waals surface area contributed by atoms with Crippen molar-refractivity contribution in [3.63, 3.8) is 0 Å². The van der Waals surface area contributed by atoms with E-state index in [1.54, 1.807) is 0 Å². The Bertz CT molecular complexity index is 491. The first-order valence-corrected chi connectivity index (χ1v) is 6.36. The molecule has 102 valence electrons. The molecule has 0 saturated carbocycles. The summed E-state index contributed by atoms with van der Waals surface area (Å²) in [5, 5.41) is 5.56. The second-order valence-corrected chi connectivity index (χ2v) is 4.35. The molecule has 0 fully saturated rings. The molecule has 2 aromatic carbocycles. The van der Waals surface area contributed by atoms with E-state index < -0.39 is 0 Å². The van der Waals surface area contributed by atoms with E-state index in [0.29, 0.717) is 12.8 Å². The van der Waals surface area contributed by atoms with Crippen molar-refractivity contribution in [3.05, 3.63) is 71.8 Å². The third-order valence-electron chi connectivity index (χ3n) is 3.15. The summed E-state index contributed by atoms with van der Waals surface area (Å²) in [4.78, 5) is 21.8. The molecule has 0 heterocycles. The molecule has 2 rings (SSSR count). The lowest BCUT2D eigenvalue weighted by Gasteiger charge is -2.27. The fraction of sp³-hybridized carbons (Fsp3) is 0.125. The van der Waals surface area contributed by atoms with Gasteiger partial charge < -0.3 is 10.6 Å². The molecule has 0 bridgehead atoms. The normalized spacial score (nSPS) is 13.0. The van der Waals surface area contributed by atoms with E-state index >= 15 is 0 Å². The Labute approximate surface area is 117 Å². The van der Waals surface area contributed by atoms with E-state index in [1.807, 2.05) is 60.7 Å². The van der Waals surface area contributed by atoms with Gasteiger partial charge in [0, 0.05) is 0 Å². The van der Waals surface area contributed by atoms with Gasteiger partial charge in [-0.25, -0.2) is 0 Å². The zero-order valence-corrected chi connectivity index (χ0v) is 10.9. The van der Waals surface area contributed by atoms with Crippen molar-refractivity contribution in [2.24, 2.45) is 0 Å². The van der Waals surface area contributed by atoms with Crippen LogP contribution in [0.3, 0.4) is 0 Å². The van der Waals surface area contributed by atoms with Crippen LogP contribution in [0.2, 0.25) is 0 Å². The minimum Gasteiger partial charge on any atom is -0.349 e. The summed E-state index contributed by atoms with van der Waals surface area (Å²) in [6, 6.07) is 18.5. The largest absolute Gasteiger partial charge is 0.349 e. The molecule has 0 spiro atoms. The van der Waals surface area contributed by atoms with Crippen LogP contribution in [-0.2, 0) is 9.59 Å². The van der Waals surface area contributed by atoms with E-state index in [0.717, 1.165) is 11.1 Å². The number of hydrogen-bond acceptors (Lipinski definition) is 2. The predicted octanol–water partition coefficient (Wildman–Crippen LogP) is 1.96. The highest BCUT2D eigenvalue weighted by molar-refractivity contribution is 5.52. The molecule has 2 atom stereocenters. The number of hydrogen-bond donors (Lipinski definition) is 2. The number of amides is 2. The fourth-order valence-electron chi connectivity index (χ4n) is 2.24. The van der Waals surface area contributed by atoms with E-state index in [4.69, 9.17) is 0 Å². The van der Waals surface area contributed by atoms with Crippen molar-refractivity contribution in [2.45, 2.75) is 12.1 Å². The number of carbonyl (C=O) groups excluding carboxylic acids is 2. The zero-order valence-electron chi connectivity index (χ0n) is 10.9. The molecule has 4 heteroatoms. The third kappa shape index (κ3) is 3.23. The highest BCUT2D eigenvalue weighted by atomic mass is 16.1. The maximum absolute atomic E-state index is 10.9. The Balaban J connectivity index is 2.37. The summed E-state index contributed by atoms with van der Waals surface area (Å²) in [5.74, 6) is 0. The zero-order chi connectivity index (χ0) is 14.2. The van der Waals surface area contributed by atoms with Crippen molar-refractivity contribution >= 4 is 12.8 Å². The second-order valence-electron chi connectivity index (χ2n) is 4.35. The topological polar surface area (TPSA) is 58.2 Å². The predicted molar refractivity (Wildman–Crippen MR) is 76.8 cm³/mol. The highest BCUT2D eigenvalue weighted by Crippen LogP contribution is 2.28. The molecule has 0 aliphatic carbocycles. The highest BCUT2D eigenvalue weighted by Gasteiger charge is 2.23. The molecule has 2 amide bonds. The van der Waals surface area contributed by atoms with Gasteiger partial charge in [0.2, 0.25) is 12.8 Å². The molecular formula is C16H16N2O2. The van der Waals surface area contributed by atoms with Crippen LogP contribution in [0.5, 0.6) is 0 Å². The Kier molecular flexibility index (Phi) is 4.89. The van der Waals surface area contributed by atoms with Crippen LogP contribution in [0, 0.1) is 0 Å². The molecule has 0 aliphatic rings. The Hall–Kier alpha value is -2.62. The van der Waals surface area contributed by atoms with Crippen LogP contribution in [0.4, 0.5) is 0 Å². The smallest absolute Gasteiger partial charge is 0.207 e. The number of nitrogens with one attached hydrogen (secondary N) is 2. The first kappa shape index (κ1) is 13.8. The Morgan fingerprint density at radius 1 is 0.650 bits per heavy atom. The molecule has 2 aromatic rings. The minimum absolute atomic E-state index is 0.318. The van der Waals surface area contributed by atoms with Gasteiger partial charge in [-0.05, 0) is 11.1 Å². The quantitative estimate of drug-likeness (QED) is 0.754. The van der Waals surface area contributed by atoms with Crippen molar-refractivity contribution in [1.29, 1.82) is 0 Å². The maximum Gasteiger partial charge on any atom is 0.207 e. The van der Waals surface area contributed by atoms with Crippen LogP contribution >= 0.6 is 0 Å². The standard InChI is InChI=1S/C16H16N2O2/c19-11-17-15(13-7-3-1-4-8-13)16(18-12-20)14-9-5-2-6-10-14/h1-12,15-16H,(H,17,19)(H,18,20). The van der Waals surface area contributed by atoms with E-state index in [1.165, 1.54) is 0 Å². The Morgan fingerprint density at radius 2 is 1.00 bits per heavy atom. The van der Waals surface area contributed by atoms with Gasteiger partial charge in [0.05, 0.1) is 12.1 Å². The van der Waals surface area contributed by atoms with Crippen LogP contribution in [0.1, 0.15) is 23.2 Å². The van der Waals surface area contributed by atoms with Crippen LogP contribution < -0.4 is 10.6 Å². The van der Waals surface area contributed by atoms with Crippen LogP contribution in [0.25, 0.3) is 0 Å². The molecule has 0 aromatic heterocycles. The van der Waals surface area contributed by atoms with E-state index in [2.05, 4.69) is 10.6 Å². The lowest BCUT2D eigenvalue weighted by Crippen LogP contribution is -2.34. The number of benzene rings is 2. The van der Waals surface area contributed by atoms with Crippen molar-refractivity contribution in [2.75, 3.05) is 0 Å². The van der Waals surface area contributed by atoms with Gasteiger partial charge in [0.1, 0.15) is 0 Å². The molecule has 2 N–H and O–H groups in total. The van der Waals surface area contributed by atoms with Crippen molar-refractivity contribution in [1.82, 2.24) is 10.6 Å². The monoisotopic (exact) mass is 268 g/mol. The summed E-state index contributed by atoms with van der Waals surface area (Å²) in [7, 11) is 0. The summed E-state index contributed by atoms with van der Waals surface area (Å²) >= 11 is 0. The molecule has 0 aliphatic heterocycles. The van der Waals surface area contributed by atoms with Gasteiger partial charge in [0.15, 0.2) is 0 Å². The summed E-state index contributed by atoms with van der Waals surface area (Å²) in [6.45, 7) is 0. The van der Waals surface area contributed by atoms with Gasteiger partial charge in [0.25, 0.3) is 0 Å². The van der Waals surface area contributed by atoms with Crippen LogP contribution in [-0.4, -0.2) is 12.8 Å². The first-order valence-electron chi connectivity index (χ1n) is 6.36. The Morgan fingerprint density at radius 3 is 1.30 bits per heavy atom. The number of rotatable bonds is 7. The maximum atomic E-state index is 10.9. The van der Waals surface area contributed by atoms with Gasteiger partial charge in [-0.15, -0.1) is 0 Å². The average Bonchev–Trinajstić information content (AvgIpc) is 2.52. The van der Waals surface area contributed by atoms with E-state index in [9.17, 15) is 9.59 Å². The second kappa shape index (κ2) is 7.09. The lowest BCUT2D eigenvalue weighted by molar-refractivity contribution is -0.112. The van der Waals surface area contributed by atoms with Gasteiger partial charge in [-0.2, -0.15) is 0 Å². The molecule has 4 nitrogen and oxygen atoms in total. The van der Waals surface area contributed by atoms with Crippen LogP contribution in [0.15, 0.2) is 60.7 Å².